The predicted octanol–water partition coefficient (Wildman–Crippen LogP) is 2.88. The number of hydrogen-bond donors (Lipinski definition) is 2. The first-order valence-electron chi connectivity index (χ1n) is 5.60. The quantitative estimate of drug-likeness (QED) is 0.881. The van der Waals surface area contributed by atoms with Gasteiger partial charge in [0.1, 0.15) is 10.7 Å². The van der Waals surface area contributed by atoms with Crippen molar-refractivity contribution in [3.63, 3.8) is 0 Å². The highest BCUT2D eigenvalue weighted by Crippen LogP contribution is 2.26. The van der Waals surface area contributed by atoms with E-state index in [-0.39, 0.29) is 17.2 Å². The number of para-hydroxylation sites is 1. The Bertz CT molecular complexity index is 734. The van der Waals surface area contributed by atoms with Gasteiger partial charge in [0.15, 0.2) is 0 Å². The molecule has 0 aliphatic carbocycles. The third-order valence-corrected chi connectivity index (χ3v) is 4.93. The molecule has 0 atom stereocenters. The van der Waals surface area contributed by atoms with Crippen molar-refractivity contribution < 1.29 is 17.9 Å². The topological polar surface area (TPSA) is 66.4 Å². The van der Waals surface area contributed by atoms with Crippen molar-refractivity contribution in [1.82, 2.24) is 0 Å². The number of aliphatic hydroxyl groups excluding tert-OH is 1. The number of benzene rings is 2. The molecular weight excluding hydrogens is 349 g/mol. The summed E-state index contributed by atoms with van der Waals surface area (Å²) in [5, 5.41) is 8.99. The first-order valence-corrected chi connectivity index (χ1v) is 7.88. The average molecular weight is 360 g/mol. The summed E-state index contributed by atoms with van der Waals surface area (Å²) in [5.74, 6) is -0.654. The van der Waals surface area contributed by atoms with Gasteiger partial charge in [-0.3, -0.25) is 4.72 Å². The van der Waals surface area contributed by atoms with Crippen LogP contribution < -0.4 is 4.72 Å². The maximum atomic E-state index is 13.5. The number of rotatable bonds is 4. The van der Waals surface area contributed by atoms with Crippen molar-refractivity contribution in [2.75, 3.05) is 4.72 Å². The predicted molar refractivity (Wildman–Crippen MR) is 77.3 cm³/mol. The van der Waals surface area contributed by atoms with Gasteiger partial charge in [0, 0.05) is 4.47 Å². The van der Waals surface area contributed by atoms with E-state index in [1.165, 1.54) is 42.5 Å². The fraction of sp³-hybridized carbons (Fsp3) is 0.0769. The van der Waals surface area contributed by atoms with Gasteiger partial charge in [-0.2, -0.15) is 0 Å². The first-order chi connectivity index (χ1) is 9.44. The van der Waals surface area contributed by atoms with E-state index in [9.17, 15) is 12.8 Å². The van der Waals surface area contributed by atoms with Gasteiger partial charge in [-0.25, -0.2) is 12.8 Å². The SMILES string of the molecule is O=S(=O)(Nc1ccccc1F)c1ccc(CO)cc1Br. The van der Waals surface area contributed by atoms with E-state index in [0.29, 0.717) is 10.0 Å². The third kappa shape index (κ3) is 3.17. The van der Waals surface area contributed by atoms with E-state index >= 15 is 0 Å². The maximum Gasteiger partial charge on any atom is 0.263 e. The van der Waals surface area contributed by atoms with Crippen LogP contribution in [0.5, 0.6) is 0 Å². The summed E-state index contributed by atoms with van der Waals surface area (Å²) >= 11 is 3.13. The Labute approximate surface area is 124 Å². The first kappa shape index (κ1) is 15.0. The summed E-state index contributed by atoms with van der Waals surface area (Å²) < 4.78 is 40.4. The van der Waals surface area contributed by atoms with E-state index in [4.69, 9.17) is 5.11 Å². The van der Waals surface area contributed by atoms with Crippen molar-refractivity contribution >= 4 is 31.6 Å². The molecule has 0 aliphatic heterocycles. The van der Waals surface area contributed by atoms with Crippen LogP contribution in [0.1, 0.15) is 5.56 Å². The van der Waals surface area contributed by atoms with E-state index in [1.54, 1.807) is 0 Å². The average Bonchev–Trinajstić information content (AvgIpc) is 2.40. The summed E-state index contributed by atoms with van der Waals surface area (Å²) in [6, 6.07) is 9.84. The molecule has 2 N–H and O–H groups in total. The molecule has 0 amide bonds. The van der Waals surface area contributed by atoms with Crippen molar-refractivity contribution in [3.8, 4) is 0 Å². The van der Waals surface area contributed by atoms with Crippen LogP contribution in [0.2, 0.25) is 0 Å². The molecule has 0 bridgehead atoms. The van der Waals surface area contributed by atoms with Gasteiger partial charge < -0.3 is 5.11 Å². The molecule has 0 fully saturated rings. The Hall–Kier alpha value is -1.44. The van der Waals surface area contributed by atoms with E-state index in [1.807, 2.05) is 0 Å². The van der Waals surface area contributed by atoms with Gasteiger partial charge in [0.2, 0.25) is 0 Å². The minimum atomic E-state index is -3.91. The Kier molecular flexibility index (Phi) is 4.42. The van der Waals surface area contributed by atoms with Crippen LogP contribution in [0, 0.1) is 5.82 Å². The number of hydrogen-bond acceptors (Lipinski definition) is 3. The van der Waals surface area contributed by atoms with Crippen molar-refractivity contribution in [2.24, 2.45) is 0 Å². The molecule has 0 saturated heterocycles. The molecule has 20 heavy (non-hydrogen) atoms. The highest BCUT2D eigenvalue weighted by Gasteiger charge is 2.19. The van der Waals surface area contributed by atoms with Crippen LogP contribution >= 0.6 is 15.9 Å². The van der Waals surface area contributed by atoms with Crippen LogP contribution in [0.4, 0.5) is 10.1 Å². The Morgan fingerprint density at radius 1 is 1.20 bits per heavy atom. The summed E-state index contributed by atoms with van der Waals surface area (Å²) in [6.45, 7) is -0.195. The lowest BCUT2D eigenvalue weighted by Gasteiger charge is -2.11. The lowest BCUT2D eigenvalue weighted by atomic mass is 10.2. The lowest BCUT2D eigenvalue weighted by molar-refractivity contribution is 0.281. The normalized spacial score (nSPS) is 11.3. The van der Waals surface area contributed by atoms with Crippen molar-refractivity contribution in [1.29, 1.82) is 0 Å². The molecule has 0 spiro atoms. The number of nitrogens with one attached hydrogen (secondary N) is 1. The van der Waals surface area contributed by atoms with Crippen molar-refractivity contribution in [2.45, 2.75) is 11.5 Å². The zero-order valence-corrected chi connectivity index (χ0v) is 12.6. The minimum absolute atomic E-state index is 0.0297. The fourth-order valence-electron chi connectivity index (χ4n) is 1.60. The molecule has 4 nitrogen and oxygen atoms in total. The van der Waals surface area contributed by atoms with Crippen LogP contribution in [0.3, 0.4) is 0 Å². The number of aliphatic hydroxyl groups is 1. The second-order valence-electron chi connectivity index (χ2n) is 4.01. The van der Waals surface area contributed by atoms with Gasteiger partial charge in [-0.15, -0.1) is 0 Å². The van der Waals surface area contributed by atoms with Crippen LogP contribution in [-0.2, 0) is 16.6 Å². The molecule has 0 radical (unpaired) electrons. The molecule has 106 valence electrons. The molecule has 0 unspecified atom stereocenters. The van der Waals surface area contributed by atoms with Crippen LogP contribution in [0.15, 0.2) is 51.8 Å². The number of sulfonamides is 1. The molecular formula is C13H11BrFNO3S. The summed E-state index contributed by atoms with van der Waals surface area (Å²) in [7, 11) is -3.91. The summed E-state index contributed by atoms with van der Waals surface area (Å²) in [4.78, 5) is -0.0297. The second kappa shape index (κ2) is 5.90. The van der Waals surface area contributed by atoms with E-state index in [2.05, 4.69) is 20.7 Å². The molecule has 0 saturated carbocycles. The maximum absolute atomic E-state index is 13.5. The minimum Gasteiger partial charge on any atom is -0.392 e. The second-order valence-corrected chi connectivity index (χ2v) is 6.51. The largest absolute Gasteiger partial charge is 0.392 e. The van der Waals surface area contributed by atoms with E-state index in [0.717, 1.165) is 0 Å². The lowest BCUT2D eigenvalue weighted by Crippen LogP contribution is -2.14. The smallest absolute Gasteiger partial charge is 0.263 e. The summed E-state index contributed by atoms with van der Waals surface area (Å²) in [5.41, 5.74) is 0.451. The molecule has 0 heterocycles. The third-order valence-electron chi connectivity index (χ3n) is 2.59. The molecule has 2 aromatic rings. The zero-order chi connectivity index (χ0) is 14.8. The zero-order valence-electron chi connectivity index (χ0n) is 10.2. The van der Waals surface area contributed by atoms with Crippen LogP contribution in [0.25, 0.3) is 0 Å². The monoisotopic (exact) mass is 359 g/mol. The van der Waals surface area contributed by atoms with Gasteiger partial charge in [-0.1, -0.05) is 18.2 Å². The highest BCUT2D eigenvalue weighted by atomic mass is 79.9. The van der Waals surface area contributed by atoms with Crippen LogP contribution in [-0.4, -0.2) is 13.5 Å². The molecule has 2 aromatic carbocycles. The fourth-order valence-corrected chi connectivity index (χ4v) is 3.80. The van der Waals surface area contributed by atoms with Gasteiger partial charge in [0.05, 0.1) is 12.3 Å². The Balaban J connectivity index is 2.39. The molecule has 0 aliphatic rings. The van der Waals surface area contributed by atoms with Gasteiger partial charge >= 0.3 is 0 Å². The number of anilines is 1. The Morgan fingerprint density at radius 3 is 2.50 bits per heavy atom. The Morgan fingerprint density at radius 2 is 1.90 bits per heavy atom. The molecule has 7 heteroatoms. The summed E-state index contributed by atoms with van der Waals surface area (Å²) in [6.07, 6.45) is 0. The highest BCUT2D eigenvalue weighted by molar-refractivity contribution is 9.10. The van der Waals surface area contributed by atoms with Gasteiger partial charge in [0.25, 0.3) is 10.0 Å². The molecule has 0 aromatic heterocycles. The standard InChI is InChI=1S/C13H11BrFNO3S/c14-10-7-9(8-17)5-6-13(10)20(18,19)16-12-4-2-1-3-11(12)15/h1-7,16-17H,8H2. The number of halogens is 2. The van der Waals surface area contributed by atoms with Crippen molar-refractivity contribution in [3.05, 3.63) is 58.3 Å². The van der Waals surface area contributed by atoms with E-state index < -0.39 is 15.8 Å². The van der Waals surface area contributed by atoms with Gasteiger partial charge in [-0.05, 0) is 45.8 Å². The molecule has 2 rings (SSSR count).